The van der Waals surface area contributed by atoms with Gasteiger partial charge in [0.2, 0.25) is 0 Å². The second-order valence-electron chi connectivity index (χ2n) is 6.19. The Bertz CT molecular complexity index is 673. The number of hydrogen-bond acceptors (Lipinski definition) is 4. The Morgan fingerprint density at radius 3 is 2.74 bits per heavy atom. The molecule has 1 aliphatic rings. The first-order valence-electron chi connectivity index (χ1n) is 7.95. The van der Waals surface area contributed by atoms with Crippen molar-refractivity contribution in [3.8, 4) is 0 Å². The number of amides is 1. The fraction of sp³-hybridized carbons (Fsp3) is 0.412. The number of carbonyl (C=O) groups is 1. The Kier molecular flexibility index (Phi) is 4.34. The lowest BCUT2D eigenvalue weighted by atomic mass is 9.84. The van der Waals surface area contributed by atoms with Crippen molar-refractivity contribution >= 4 is 17.4 Å². The van der Waals surface area contributed by atoms with Gasteiger partial charge in [0, 0.05) is 11.9 Å². The molecule has 0 radical (unpaired) electrons. The topological polar surface area (TPSA) is 93.2 Å². The lowest BCUT2D eigenvalue weighted by Gasteiger charge is -2.33. The maximum Gasteiger partial charge on any atom is 0.254 e. The molecule has 1 saturated carbocycles. The summed E-state index contributed by atoms with van der Waals surface area (Å²) in [6.07, 6.45) is 3.99. The molecule has 0 saturated heterocycles. The second-order valence-corrected chi connectivity index (χ2v) is 6.19. The minimum Gasteiger partial charge on any atom is -0.391 e. The number of anilines is 2. The largest absolute Gasteiger partial charge is 0.391 e. The van der Waals surface area contributed by atoms with Crippen LogP contribution >= 0.6 is 0 Å². The van der Waals surface area contributed by atoms with Crippen LogP contribution in [0.2, 0.25) is 0 Å². The smallest absolute Gasteiger partial charge is 0.254 e. The zero-order valence-electron chi connectivity index (χ0n) is 13.1. The van der Waals surface area contributed by atoms with Gasteiger partial charge in [0.05, 0.1) is 12.1 Å². The summed E-state index contributed by atoms with van der Waals surface area (Å²) in [5, 5.41) is 17.9. The molecule has 3 rings (SSSR count). The SMILES string of the molecule is C[C@H]1CCC[C@@H](O)[C@@H]1n1cc(C(N)=O)c(Nc2ccccc2)n1. The summed E-state index contributed by atoms with van der Waals surface area (Å²) in [5.74, 6) is 0.185. The van der Waals surface area contributed by atoms with Crippen molar-refractivity contribution in [3.63, 3.8) is 0 Å². The summed E-state index contributed by atoms with van der Waals surface area (Å²) in [4.78, 5) is 11.7. The van der Waals surface area contributed by atoms with Crippen molar-refractivity contribution in [3.05, 3.63) is 42.1 Å². The van der Waals surface area contributed by atoms with Gasteiger partial charge in [-0.3, -0.25) is 9.48 Å². The molecule has 1 amide bonds. The van der Waals surface area contributed by atoms with Crippen LogP contribution in [-0.2, 0) is 0 Å². The lowest BCUT2D eigenvalue weighted by molar-refractivity contribution is 0.0391. The van der Waals surface area contributed by atoms with Crippen LogP contribution in [0.1, 0.15) is 42.6 Å². The molecule has 0 bridgehead atoms. The van der Waals surface area contributed by atoms with Crippen LogP contribution in [0.5, 0.6) is 0 Å². The molecule has 3 atom stereocenters. The molecular weight excluding hydrogens is 292 g/mol. The fourth-order valence-corrected chi connectivity index (χ4v) is 3.28. The van der Waals surface area contributed by atoms with E-state index in [1.165, 1.54) is 0 Å². The van der Waals surface area contributed by atoms with Gasteiger partial charge in [-0.1, -0.05) is 31.5 Å². The first-order chi connectivity index (χ1) is 11.1. The van der Waals surface area contributed by atoms with Crippen LogP contribution < -0.4 is 11.1 Å². The van der Waals surface area contributed by atoms with Crippen molar-refractivity contribution in [2.45, 2.75) is 38.3 Å². The van der Waals surface area contributed by atoms with Gasteiger partial charge < -0.3 is 16.2 Å². The highest BCUT2D eigenvalue weighted by molar-refractivity contribution is 5.98. The number of aliphatic hydroxyl groups excluding tert-OH is 1. The number of nitrogens with two attached hydrogens (primary N) is 1. The number of carbonyl (C=O) groups excluding carboxylic acids is 1. The third-order valence-corrected chi connectivity index (χ3v) is 4.48. The van der Waals surface area contributed by atoms with Crippen molar-refractivity contribution in [2.24, 2.45) is 11.7 Å². The lowest BCUT2D eigenvalue weighted by Crippen LogP contribution is -2.33. The summed E-state index contributed by atoms with van der Waals surface area (Å²) in [5.41, 5.74) is 6.65. The van der Waals surface area contributed by atoms with E-state index in [0.717, 1.165) is 24.9 Å². The number of benzene rings is 1. The highest BCUT2D eigenvalue weighted by Gasteiger charge is 2.32. The van der Waals surface area contributed by atoms with Crippen LogP contribution in [0.25, 0.3) is 0 Å². The molecule has 122 valence electrons. The summed E-state index contributed by atoms with van der Waals surface area (Å²) in [6, 6.07) is 9.36. The highest BCUT2D eigenvalue weighted by atomic mass is 16.3. The van der Waals surface area contributed by atoms with Gasteiger partial charge in [-0.25, -0.2) is 0 Å². The van der Waals surface area contributed by atoms with Gasteiger partial charge in [0.15, 0.2) is 5.82 Å². The van der Waals surface area contributed by atoms with Gasteiger partial charge in [-0.05, 0) is 30.9 Å². The molecular formula is C17H22N4O2. The quantitative estimate of drug-likeness (QED) is 0.808. The minimum absolute atomic E-state index is 0.131. The van der Waals surface area contributed by atoms with Crippen LogP contribution in [0, 0.1) is 5.92 Å². The molecule has 6 heteroatoms. The number of nitrogens with one attached hydrogen (secondary N) is 1. The Morgan fingerprint density at radius 2 is 2.09 bits per heavy atom. The summed E-state index contributed by atoms with van der Waals surface area (Å²) in [7, 11) is 0. The number of aliphatic hydroxyl groups is 1. The van der Waals surface area contributed by atoms with Crippen LogP contribution in [0.3, 0.4) is 0 Å². The highest BCUT2D eigenvalue weighted by Crippen LogP contribution is 2.34. The molecule has 0 unspecified atom stereocenters. The van der Waals surface area contributed by atoms with E-state index in [1.54, 1.807) is 10.9 Å². The summed E-state index contributed by atoms with van der Waals surface area (Å²) in [6.45, 7) is 2.10. The van der Waals surface area contributed by atoms with Crippen molar-refractivity contribution in [1.29, 1.82) is 0 Å². The van der Waals surface area contributed by atoms with E-state index in [4.69, 9.17) is 5.73 Å². The summed E-state index contributed by atoms with van der Waals surface area (Å²) >= 11 is 0. The molecule has 1 heterocycles. The molecule has 1 aliphatic carbocycles. The zero-order valence-corrected chi connectivity index (χ0v) is 13.1. The van der Waals surface area contributed by atoms with E-state index in [1.807, 2.05) is 30.3 Å². The Labute approximate surface area is 135 Å². The maximum absolute atomic E-state index is 11.7. The van der Waals surface area contributed by atoms with E-state index in [9.17, 15) is 9.90 Å². The first kappa shape index (κ1) is 15.6. The number of hydrogen-bond donors (Lipinski definition) is 3. The van der Waals surface area contributed by atoms with E-state index in [0.29, 0.717) is 17.3 Å². The molecule has 1 aromatic carbocycles. The van der Waals surface area contributed by atoms with Gasteiger partial charge in [-0.15, -0.1) is 0 Å². The maximum atomic E-state index is 11.7. The number of nitrogens with zero attached hydrogens (tertiary/aromatic N) is 2. The molecule has 2 aromatic rings. The number of rotatable bonds is 4. The third-order valence-electron chi connectivity index (χ3n) is 4.48. The van der Waals surface area contributed by atoms with Crippen LogP contribution in [0.15, 0.2) is 36.5 Å². The van der Waals surface area contributed by atoms with E-state index in [-0.39, 0.29) is 6.04 Å². The molecule has 1 fully saturated rings. The minimum atomic E-state index is -0.535. The van der Waals surface area contributed by atoms with Crippen molar-refractivity contribution in [2.75, 3.05) is 5.32 Å². The number of aromatic nitrogens is 2. The second kappa shape index (κ2) is 6.42. The standard InChI is InChI=1S/C17H22N4O2/c1-11-6-5-9-14(22)15(11)21-10-13(16(18)23)17(20-21)19-12-7-3-2-4-8-12/h2-4,7-8,10-11,14-15,22H,5-6,9H2,1H3,(H2,18,23)(H,19,20)/t11-,14+,15+/m0/s1. The van der Waals surface area contributed by atoms with Gasteiger partial charge in [0.25, 0.3) is 5.91 Å². The predicted octanol–water partition coefficient (Wildman–Crippen LogP) is 2.45. The molecule has 1 aromatic heterocycles. The van der Waals surface area contributed by atoms with Gasteiger partial charge >= 0.3 is 0 Å². The van der Waals surface area contributed by atoms with Gasteiger partial charge in [-0.2, -0.15) is 5.10 Å². The molecule has 23 heavy (non-hydrogen) atoms. The monoisotopic (exact) mass is 314 g/mol. The van der Waals surface area contributed by atoms with Crippen molar-refractivity contribution < 1.29 is 9.90 Å². The Morgan fingerprint density at radius 1 is 1.35 bits per heavy atom. The van der Waals surface area contributed by atoms with E-state index in [2.05, 4.69) is 17.3 Å². The molecule has 0 aliphatic heterocycles. The van der Waals surface area contributed by atoms with Crippen LogP contribution in [0.4, 0.5) is 11.5 Å². The third kappa shape index (κ3) is 3.22. The average Bonchev–Trinajstić information content (AvgIpc) is 2.92. The fourth-order valence-electron chi connectivity index (χ4n) is 3.28. The normalized spacial score (nSPS) is 24.3. The summed E-state index contributed by atoms with van der Waals surface area (Å²) < 4.78 is 1.69. The molecule has 4 N–H and O–H groups in total. The predicted molar refractivity (Wildman–Crippen MR) is 88.5 cm³/mol. The van der Waals surface area contributed by atoms with Gasteiger partial charge in [0.1, 0.15) is 5.56 Å². The van der Waals surface area contributed by atoms with Crippen molar-refractivity contribution in [1.82, 2.24) is 9.78 Å². The Balaban J connectivity index is 1.94. The number of para-hydroxylation sites is 1. The zero-order chi connectivity index (χ0) is 16.4. The average molecular weight is 314 g/mol. The van der Waals surface area contributed by atoms with E-state index < -0.39 is 12.0 Å². The number of primary amides is 1. The van der Waals surface area contributed by atoms with E-state index >= 15 is 0 Å². The Hall–Kier alpha value is -2.34. The van der Waals surface area contributed by atoms with Crippen LogP contribution in [-0.4, -0.2) is 26.9 Å². The molecule has 6 nitrogen and oxygen atoms in total. The molecule has 0 spiro atoms. The first-order valence-corrected chi connectivity index (χ1v) is 7.95.